The molecule has 0 bridgehead atoms. The molecule has 0 aromatic carbocycles. The minimum absolute atomic E-state index is 0.141. The predicted octanol–water partition coefficient (Wildman–Crippen LogP) is 14.3. The van der Waals surface area contributed by atoms with Gasteiger partial charge in [0, 0.05) is 27.4 Å². The van der Waals surface area contributed by atoms with Crippen LogP contribution in [-0.2, 0) is 44.3 Å². The van der Waals surface area contributed by atoms with Crippen LogP contribution in [0.15, 0.2) is 24.3 Å². The summed E-state index contributed by atoms with van der Waals surface area (Å²) in [5.41, 5.74) is 0. The lowest BCUT2D eigenvalue weighted by molar-refractivity contribution is -0.0319. The van der Waals surface area contributed by atoms with Crippen molar-refractivity contribution < 1.29 is 32.5 Å². The Morgan fingerprint density at radius 3 is 1.12 bits per heavy atom. The number of nitriles is 1. The van der Waals surface area contributed by atoms with E-state index in [9.17, 15) is 0 Å². The first-order valence-corrected chi connectivity index (χ1v) is 26.0. The SMILES string of the molecule is CCCCCCCC/C=C\CCCCCCCCOCC(COP(=S)(OCCC#N)OCC(COCCCCCCCC/C=C\CCCCCCCC)OC)OC. The highest BCUT2D eigenvalue weighted by Gasteiger charge is 2.25. The van der Waals surface area contributed by atoms with E-state index >= 15 is 0 Å². The molecule has 57 heavy (non-hydrogen) atoms. The Bertz CT molecular complexity index is 901. The van der Waals surface area contributed by atoms with E-state index in [0.717, 1.165) is 12.8 Å². The van der Waals surface area contributed by atoms with Crippen LogP contribution in [-0.4, -0.2) is 72.7 Å². The third-order valence-corrected chi connectivity index (χ3v) is 12.6. The van der Waals surface area contributed by atoms with Gasteiger partial charge in [-0.2, -0.15) is 5.26 Å². The lowest BCUT2D eigenvalue weighted by Gasteiger charge is -2.26. The molecule has 0 spiro atoms. The average molecular weight is 844 g/mol. The number of rotatable bonds is 47. The highest BCUT2D eigenvalue weighted by Crippen LogP contribution is 2.50. The van der Waals surface area contributed by atoms with Gasteiger partial charge >= 0.3 is 6.72 Å². The lowest BCUT2D eigenvalue weighted by Crippen LogP contribution is -2.26. The molecule has 0 rings (SSSR count). The van der Waals surface area contributed by atoms with Gasteiger partial charge in [-0.3, -0.25) is 0 Å². The van der Waals surface area contributed by atoms with Crippen LogP contribution in [0.4, 0.5) is 0 Å². The third-order valence-electron chi connectivity index (χ3n) is 10.2. The molecule has 336 valence electrons. The van der Waals surface area contributed by atoms with Crippen molar-refractivity contribution in [2.75, 3.05) is 60.5 Å². The van der Waals surface area contributed by atoms with Crippen molar-refractivity contribution in [1.29, 1.82) is 5.26 Å². The first kappa shape index (κ1) is 56.3. The molecule has 0 fully saturated rings. The van der Waals surface area contributed by atoms with Crippen LogP contribution in [0.2, 0.25) is 0 Å². The van der Waals surface area contributed by atoms with Crippen LogP contribution in [0.25, 0.3) is 0 Å². The Morgan fingerprint density at radius 1 is 0.456 bits per heavy atom. The molecular formula is C47H90NO7PS. The second-order valence-electron chi connectivity index (χ2n) is 15.5. The van der Waals surface area contributed by atoms with Gasteiger partial charge in [0.05, 0.1) is 45.5 Å². The minimum atomic E-state index is -3.14. The summed E-state index contributed by atoms with van der Waals surface area (Å²) >= 11 is 5.70. The quantitative estimate of drug-likeness (QED) is 0.0337. The van der Waals surface area contributed by atoms with E-state index in [-0.39, 0.29) is 38.4 Å². The maximum atomic E-state index is 9.02. The first-order valence-electron chi connectivity index (χ1n) is 23.5. The maximum Gasteiger partial charge on any atom is 0.327 e. The smallest absolute Gasteiger partial charge is 0.327 e. The van der Waals surface area contributed by atoms with Crippen molar-refractivity contribution in [3.05, 3.63) is 24.3 Å². The first-order chi connectivity index (χ1) is 28.0. The van der Waals surface area contributed by atoms with E-state index in [2.05, 4.69) is 44.2 Å². The van der Waals surface area contributed by atoms with Crippen molar-refractivity contribution in [3.8, 4) is 6.07 Å². The fraction of sp³-hybridized carbons (Fsp3) is 0.894. The van der Waals surface area contributed by atoms with Gasteiger partial charge < -0.3 is 32.5 Å². The summed E-state index contributed by atoms with van der Waals surface area (Å²) in [6.45, 7) is 4.10. The molecule has 0 saturated carbocycles. The van der Waals surface area contributed by atoms with E-state index in [1.54, 1.807) is 14.2 Å². The monoisotopic (exact) mass is 844 g/mol. The number of hydrogen-bond acceptors (Lipinski definition) is 9. The Kier molecular flexibility index (Phi) is 45.9. The van der Waals surface area contributed by atoms with E-state index in [0.29, 0.717) is 26.4 Å². The summed E-state index contributed by atoms with van der Waals surface area (Å²) in [4.78, 5) is 0. The van der Waals surface area contributed by atoms with Crippen molar-refractivity contribution in [2.45, 2.75) is 212 Å². The average Bonchev–Trinajstić information content (AvgIpc) is 3.22. The highest BCUT2D eigenvalue weighted by molar-refractivity contribution is 8.07. The van der Waals surface area contributed by atoms with E-state index in [1.165, 1.54) is 167 Å². The van der Waals surface area contributed by atoms with Gasteiger partial charge in [0.15, 0.2) is 0 Å². The third kappa shape index (κ3) is 41.8. The van der Waals surface area contributed by atoms with Gasteiger partial charge in [-0.05, 0) is 76.0 Å². The summed E-state index contributed by atoms with van der Waals surface area (Å²) in [5, 5.41) is 9.02. The lowest BCUT2D eigenvalue weighted by atomic mass is 10.1. The molecule has 0 heterocycles. The summed E-state index contributed by atoms with van der Waals surface area (Å²) in [7, 11) is 3.27. The number of ether oxygens (including phenoxy) is 4. The summed E-state index contributed by atoms with van der Waals surface area (Å²) in [6.07, 6.45) is 45.1. The Morgan fingerprint density at radius 2 is 0.789 bits per heavy atom. The topological polar surface area (TPSA) is 88.4 Å². The molecule has 2 unspecified atom stereocenters. The fourth-order valence-electron chi connectivity index (χ4n) is 6.36. The van der Waals surface area contributed by atoms with Gasteiger partial charge in [-0.1, -0.05) is 154 Å². The molecule has 0 N–H and O–H groups in total. The zero-order valence-electron chi connectivity index (χ0n) is 37.6. The number of allylic oxidation sites excluding steroid dienone is 4. The standard InChI is InChI=1S/C47H90NO7PS/c1-5-7-9-11-13-15-17-19-21-23-25-27-29-31-33-35-39-51-42-46(49-3)44-54-56(57,53-41-37-38-48)55-45-47(50-4)43-52-40-36-34-32-30-28-26-24-22-20-18-16-14-12-10-8-6-2/h19-22,46-47H,5-18,23-37,39-45H2,1-4H3/b21-19-,22-20-. The minimum Gasteiger partial charge on any atom is -0.379 e. The molecular weight excluding hydrogens is 754 g/mol. The van der Waals surface area contributed by atoms with Crippen LogP contribution in [0, 0.1) is 11.3 Å². The normalized spacial score (nSPS) is 14.1. The van der Waals surface area contributed by atoms with Gasteiger partial charge in [0.1, 0.15) is 12.2 Å². The second kappa shape index (κ2) is 46.4. The van der Waals surface area contributed by atoms with E-state index in [1.807, 2.05) is 0 Å². The van der Waals surface area contributed by atoms with Crippen molar-refractivity contribution in [1.82, 2.24) is 0 Å². The van der Waals surface area contributed by atoms with Gasteiger partial charge in [-0.25, -0.2) is 0 Å². The summed E-state index contributed by atoms with van der Waals surface area (Å²) in [6, 6.07) is 2.08. The Labute approximate surface area is 358 Å². The number of hydrogen-bond donors (Lipinski definition) is 0. The maximum absolute atomic E-state index is 9.02. The molecule has 8 nitrogen and oxygen atoms in total. The largest absolute Gasteiger partial charge is 0.379 e. The van der Waals surface area contributed by atoms with Gasteiger partial charge in [-0.15, -0.1) is 0 Å². The number of unbranched alkanes of at least 4 members (excludes halogenated alkanes) is 24. The van der Waals surface area contributed by atoms with Gasteiger partial charge in [0.25, 0.3) is 0 Å². The zero-order chi connectivity index (χ0) is 41.6. The molecule has 0 saturated heterocycles. The summed E-state index contributed by atoms with van der Waals surface area (Å²) in [5.74, 6) is 0. The predicted molar refractivity (Wildman–Crippen MR) is 245 cm³/mol. The van der Waals surface area contributed by atoms with Crippen LogP contribution in [0.5, 0.6) is 0 Å². The molecule has 0 aromatic heterocycles. The van der Waals surface area contributed by atoms with Crippen LogP contribution >= 0.6 is 6.72 Å². The van der Waals surface area contributed by atoms with E-state index in [4.69, 9.17) is 49.6 Å². The Hall–Kier alpha value is -0.660. The molecule has 0 aliphatic rings. The molecule has 10 heteroatoms. The molecule has 0 aliphatic carbocycles. The number of methoxy groups -OCH3 is 2. The zero-order valence-corrected chi connectivity index (χ0v) is 39.3. The second-order valence-corrected chi connectivity index (χ2v) is 18.5. The molecule has 0 aliphatic heterocycles. The van der Waals surface area contributed by atoms with Crippen LogP contribution in [0.3, 0.4) is 0 Å². The van der Waals surface area contributed by atoms with E-state index < -0.39 is 6.72 Å². The van der Waals surface area contributed by atoms with Crippen LogP contribution in [0.1, 0.15) is 200 Å². The molecule has 0 aromatic rings. The van der Waals surface area contributed by atoms with Crippen molar-refractivity contribution >= 4 is 18.5 Å². The molecule has 2 atom stereocenters. The highest BCUT2D eigenvalue weighted by atomic mass is 32.5. The molecule has 0 radical (unpaired) electrons. The number of nitrogens with zero attached hydrogens (tertiary/aromatic N) is 1. The van der Waals surface area contributed by atoms with Crippen molar-refractivity contribution in [2.24, 2.45) is 0 Å². The Balaban J connectivity index is 4.07. The summed E-state index contributed by atoms with van der Waals surface area (Å²) < 4.78 is 40.9. The van der Waals surface area contributed by atoms with Gasteiger partial charge in [0.2, 0.25) is 0 Å². The van der Waals surface area contributed by atoms with Crippen molar-refractivity contribution in [3.63, 3.8) is 0 Å². The molecule has 0 amide bonds. The van der Waals surface area contributed by atoms with Crippen LogP contribution < -0.4 is 0 Å². The fourth-order valence-corrected chi connectivity index (χ4v) is 8.19.